The summed E-state index contributed by atoms with van der Waals surface area (Å²) in [5.41, 5.74) is 2.40. The fourth-order valence-corrected chi connectivity index (χ4v) is 5.23. The van der Waals surface area contributed by atoms with Crippen molar-refractivity contribution in [3.63, 3.8) is 0 Å². The smallest absolute Gasteiger partial charge is 0.249 e. The third-order valence-corrected chi connectivity index (χ3v) is 6.90. The lowest BCUT2D eigenvalue weighted by atomic mass is 10.1. The quantitative estimate of drug-likeness (QED) is 0.596. The number of ether oxygens (including phenoxy) is 1. The summed E-state index contributed by atoms with van der Waals surface area (Å²) in [4.78, 5) is 12.5. The molecule has 1 aliphatic heterocycles. The third kappa shape index (κ3) is 5.03. The maximum atomic E-state index is 12.5. The van der Waals surface area contributed by atoms with E-state index in [1.807, 2.05) is 54.6 Å². The van der Waals surface area contributed by atoms with Crippen LogP contribution < -0.4 is 10.1 Å². The van der Waals surface area contributed by atoms with E-state index in [4.69, 9.17) is 4.74 Å². The van der Waals surface area contributed by atoms with Gasteiger partial charge >= 0.3 is 0 Å². The number of anilines is 1. The summed E-state index contributed by atoms with van der Waals surface area (Å²) in [6, 6.07) is 18.4. The van der Waals surface area contributed by atoms with Crippen LogP contribution in [-0.4, -0.2) is 42.7 Å². The summed E-state index contributed by atoms with van der Waals surface area (Å²) < 4.78 is 30.8. The molecule has 1 amide bonds. The second kappa shape index (κ2) is 8.77. The molecular weight excluding hydrogens is 414 g/mol. The molecule has 1 N–H and O–H groups in total. The predicted molar refractivity (Wildman–Crippen MR) is 121 cm³/mol. The first-order chi connectivity index (χ1) is 14.9. The first kappa shape index (κ1) is 20.9. The van der Waals surface area contributed by atoms with Crippen molar-refractivity contribution in [2.24, 2.45) is 0 Å². The van der Waals surface area contributed by atoms with Crippen molar-refractivity contribution in [2.75, 3.05) is 23.9 Å². The molecule has 0 bridgehead atoms. The Kier molecular flexibility index (Phi) is 5.90. The molecule has 3 aromatic rings. The molecule has 1 aliphatic rings. The summed E-state index contributed by atoms with van der Waals surface area (Å²) in [7, 11) is -1.51. The van der Waals surface area contributed by atoms with Crippen molar-refractivity contribution >= 4 is 27.6 Å². The molecule has 160 valence electrons. The molecular formula is C23H23N3O4S. The fraction of sp³-hybridized carbons (Fsp3) is 0.217. The van der Waals surface area contributed by atoms with E-state index in [0.717, 1.165) is 16.9 Å². The van der Waals surface area contributed by atoms with Crippen LogP contribution in [-0.2, 0) is 14.6 Å². The Morgan fingerprint density at radius 2 is 1.90 bits per heavy atom. The highest BCUT2D eigenvalue weighted by Gasteiger charge is 2.31. The van der Waals surface area contributed by atoms with Gasteiger partial charge in [0.15, 0.2) is 9.84 Å². The first-order valence-electron chi connectivity index (χ1n) is 9.92. The van der Waals surface area contributed by atoms with Crippen molar-refractivity contribution in [3.05, 3.63) is 72.3 Å². The molecule has 1 aromatic heterocycles. The van der Waals surface area contributed by atoms with E-state index in [1.165, 1.54) is 6.08 Å². The van der Waals surface area contributed by atoms with Gasteiger partial charge in [0.1, 0.15) is 11.6 Å². The Hall–Kier alpha value is -3.39. The maximum absolute atomic E-state index is 12.5. The maximum Gasteiger partial charge on any atom is 0.249 e. The number of rotatable bonds is 6. The van der Waals surface area contributed by atoms with E-state index < -0.39 is 9.84 Å². The van der Waals surface area contributed by atoms with E-state index in [0.29, 0.717) is 17.9 Å². The molecule has 0 radical (unpaired) electrons. The number of sulfone groups is 1. The van der Waals surface area contributed by atoms with Gasteiger partial charge in [0.05, 0.1) is 30.4 Å². The number of methoxy groups -OCH3 is 1. The van der Waals surface area contributed by atoms with Crippen LogP contribution in [0.4, 0.5) is 5.82 Å². The Morgan fingerprint density at radius 3 is 2.55 bits per heavy atom. The molecule has 4 rings (SSSR count). The van der Waals surface area contributed by atoms with Gasteiger partial charge in [0.2, 0.25) is 5.91 Å². The molecule has 0 unspecified atom stereocenters. The minimum atomic E-state index is -3.10. The normalized spacial score (nSPS) is 17.6. The van der Waals surface area contributed by atoms with E-state index in [1.54, 1.807) is 23.9 Å². The van der Waals surface area contributed by atoms with Crippen molar-refractivity contribution in [1.82, 2.24) is 9.78 Å². The SMILES string of the molecule is COc1ccc(-c2cc(NC(=O)/C=C/c3ccccc3)n([C@@H]3CCS(=O)(=O)C3)n2)cc1. The van der Waals surface area contributed by atoms with Gasteiger partial charge in [-0.25, -0.2) is 13.1 Å². The van der Waals surface area contributed by atoms with E-state index in [9.17, 15) is 13.2 Å². The Balaban J connectivity index is 1.62. The van der Waals surface area contributed by atoms with Crippen molar-refractivity contribution in [3.8, 4) is 17.0 Å². The number of nitrogens with one attached hydrogen (secondary N) is 1. The number of carbonyl (C=O) groups excluding carboxylic acids is 1. The molecule has 0 saturated carbocycles. The lowest BCUT2D eigenvalue weighted by Gasteiger charge is -2.13. The van der Waals surface area contributed by atoms with E-state index in [2.05, 4.69) is 10.4 Å². The summed E-state index contributed by atoms with van der Waals surface area (Å²) in [5.74, 6) is 1.02. The van der Waals surface area contributed by atoms with Crippen LogP contribution >= 0.6 is 0 Å². The average Bonchev–Trinajstić information content (AvgIpc) is 3.35. The lowest BCUT2D eigenvalue weighted by Crippen LogP contribution is -2.18. The zero-order valence-corrected chi connectivity index (χ0v) is 17.9. The molecule has 1 atom stereocenters. The van der Waals surface area contributed by atoms with Crippen LogP contribution in [0.5, 0.6) is 5.75 Å². The van der Waals surface area contributed by atoms with Crippen molar-refractivity contribution in [1.29, 1.82) is 0 Å². The fourth-order valence-electron chi connectivity index (χ4n) is 3.54. The van der Waals surface area contributed by atoms with Crippen LogP contribution in [0.2, 0.25) is 0 Å². The van der Waals surface area contributed by atoms with Gasteiger partial charge in [0.25, 0.3) is 0 Å². The van der Waals surface area contributed by atoms with E-state index in [-0.39, 0.29) is 23.5 Å². The summed E-state index contributed by atoms with van der Waals surface area (Å²) in [6.07, 6.45) is 3.64. The van der Waals surface area contributed by atoms with Crippen LogP contribution in [0.15, 0.2) is 66.7 Å². The topological polar surface area (TPSA) is 90.3 Å². The van der Waals surface area contributed by atoms with Crippen molar-refractivity contribution in [2.45, 2.75) is 12.5 Å². The summed E-state index contributed by atoms with van der Waals surface area (Å²) >= 11 is 0. The van der Waals surface area contributed by atoms with Gasteiger partial charge < -0.3 is 10.1 Å². The summed E-state index contributed by atoms with van der Waals surface area (Å²) in [6.45, 7) is 0. The number of carbonyl (C=O) groups is 1. The molecule has 2 heterocycles. The minimum absolute atomic E-state index is 0.0134. The highest BCUT2D eigenvalue weighted by Crippen LogP contribution is 2.31. The van der Waals surface area contributed by atoms with Gasteiger partial charge in [-0.05, 0) is 42.3 Å². The van der Waals surface area contributed by atoms with Crippen LogP contribution in [0.1, 0.15) is 18.0 Å². The standard InChI is InChI=1S/C23H23N3O4S/c1-30-20-10-8-18(9-11-20)21-15-22(26(25-21)19-13-14-31(28,29)16-19)24-23(27)12-7-17-5-3-2-4-6-17/h2-12,15,19H,13-14,16H2,1H3,(H,24,27)/b12-7+/t19-/m1/s1. The highest BCUT2D eigenvalue weighted by molar-refractivity contribution is 7.91. The molecule has 31 heavy (non-hydrogen) atoms. The van der Waals surface area contributed by atoms with Crippen LogP contribution in [0.3, 0.4) is 0 Å². The molecule has 7 nitrogen and oxygen atoms in total. The van der Waals surface area contributed by atoms with E-state index >= 15 is 0 Å². The lowest BCUT2D eigenvalue weighted by molar-refractivity contribution is -0.111. The van der Waals surface area contributed by atoms with Gasteiger partial charge in [0, 0.05) is 17.7 Å². The molecule has 8 heteroatoms. The average molecular weight is 438 g/mol. The highest BCUT2D eigenvalue weighted by atomic mass is 32.2. The monoisotopic (exact) mass is 437 g/mol. The van der Waals surface area contributed by atoms with Gasteiger partial charge in [-0.2, -0.15) is 5.10 Å². The Labute approximate surface area is 181 Å². The Bertz CT molecular complexity index is 1200. The second-order valence-electron chi connectivity index (χ2n) is 7.38. The molecule has 0 spiro atoms. The number of hydrogen-bond acceptors (Lipinski definition) is 5. The van der Waals surface area contributed by atoms with Crippen LogP contribution in [0, 0.1) is 0 Å². The Morgan fingerprint density at radius 1 is 1.16 bits per heavy atom. The zero-order chi connectivity index (χ0) is 21.8. The molecule has 2 aromatic carbocycles. The summed E-state index contributed by atoms with van der Waals surface area (Å²) in [5, 5.41) is 7.48. The number of nitrogens with zero attached hydrogens (tertiary/aromatic N) is 2. The first-order valence-corrected chi connectivity index (χ1v) is 11.7. The molecule has 1 saturated heterocycles. The third-order valence-electron chi connectivity index (χ3n) is 5.15. The van der Waals surface area contributed by atoms with Gasteiger partial charge in [-0.1, -0.05) is 30.3 Å². The second-order valence-corrected chi connectivity index (χ2v) is 9.61. The number of amides is 1. The van der Waals surface area contributed by atoms with Gasteiger partial charge in [-0.15, -0.1) is 0 Å². The molecule has 1 fully saturated rings. The van der Waals surface area contributed by atoms with Gasteiger partial charge in [-0.3, -0.25) is 4.79 Å². The number of aromatic nitrogens is 2. The minimum Gasteiger partial charge on any atom is -0.497 e. The molecule has 0 aliphatic carbocycles. The largest absolute Gasteiger partial charge is 0.497 e. The number of benzene rings is 2. The van der Waals surface area contributed by atoms with Crippen LogP contribution in [0.25, 0.3) is 17.3 Å². The predicted octanol–water partition coefficient (Wildman–Crippen LogP) is 3.57. The zero-order valence-electron chi connectivity index (χ0n) is 17.1. The van der Waals surface area contributed by atoms with Crippen molar-refractivity contribution < 1.29 is 17.9 Å². The number of hydrogen-bond donors (Lipinski definition) is 1.